The summed E-state index contributed by atoms with van der Waals surface area (Å²) in [5, 5.41) is 2.77. The summed E-state index contributed by atoms with van der Waals surface area (Å²) in [6, 6.07) is 10.8. The molecule has 0 amide bonds. The van der Waals surface area contributed by atoms with Crippen LogP contribution < -0.4 is 10.1 Å². The topological polar surface area (TPSA) is 21.3 Å². The van der Waals surface area contributed by atoms with Gasteiger partial charge in [0, 0.05) is 12.1 Å². The van der Waals surface area contributed by atoms with Gasteiger partial charge in [-0.3, -0.25) is 0 Å². The lowest BCUT2D eigenvalue weighted by Gasteiger charge is -2.17. The lowest BCUT2D eigenvalue weighted by Crippen LogP contribution is -2.11. The van der Waals surface area contributed by atoms with E-state index >= 15 is 0 Å². The monoisotopic (exact) mass is 315 g/mol. The van der Waals surface area contributed by atoms with Crippen molar-refractivity contribution in [3.05, 3.63) is 58.6 Å². The molecule has 0 atom stereocenters. The van der Waals surface area contributed by atoms with Crippen LogP contribution in [0, 0.1) is 0 Å². The molecule has 0 radical (unpaired) electrons. The van der Waals surface area contributed by atoms with E-state index < -0.39 is 11.7 Å². The molecule has 0 saturated carbocycles. The fourth-order valence-electron chi connectivity index (χ4n) is 1.97. The van der Waals surface area contributed by atoms with Gasteiger partial charge in [-0.05, 0) is 18.2 Å². The van der Waals surface area contributed by atoms with Crippen LogP contribution in [0.1, 0.15) is 11.1 Å². The zero-order valence-electron chi connectivity index (χ0n) is 11.2. The summed E-state index contributed by atoms with van der Waals surface area (Å²) < 4.78 is 44.1. The molecule has 2 aromatic rings. The number of hydrogen-bond acceptors (Lipinski definition) is 2. The van der Waals surface area contributed by atoms with Crippen molar-refractivity contribution >= 4 is 17.3 Å². The van der Waals surface area contributed by atoms with E-state index in [2.05, 4.69) is 5.32 Å². The van der Waals surface area contributed by atoms with E-state index in [1.807, 2.05) is 0 Å². The SMILES string of the molecule is COc1ccccc1CNc1c(Cl)cccc1C(F)(F)F. The van der Waals surface area contributed by atoms with Crippen molar-refractivity contribution < 1.29 is 17.9 Å². The summed E-state index contributed by atoms with van der Waals surface area (Å²) in [5.74, 6) is 0.602. The minimum atomic E-state index is -4.46. The van der Waals surface area contributed by atoms with Gasteiger partial charge in [-0.1, -0.05) is 35.9 Å². The predicted molar refractivity (Wildman–Crippen MR) is 76.8 cm³/mol. The molecule has 112 valence electrons. The maximum Gasteiger partial charge on any atom is 0.418 e. The zero-order chi connectivity index (χ0) is 15.5. The molecule has 0 aromatic heterocycles. The Labute approximate surface area is 125 Å². The number of anilines is 1. The van der Waals surface area contributed by atoms with Gasteiger partial charge in [0.05, 0.1) is 23.4 Å². The normalized spacial score (nSPS) is 11.3. The molecular weight excluding hydrogens is 303 g/mol. The first kappa shape index (κ1) is 15.5. The highest BCUT2D eigenvalue weighted by atomic mass is 35.5. The summed E-state index contributed by atoms with van der Waals surface area (Å²) in [6.07, 6.45) is -4.46. The third kappa shape index (κ3) is 3.61. The minimum Gasteiger partial charge on any atom is -0.496 e. The zero-order valence-corrected chi connectivity index (χ0v) is 11.9. The van der Waals surface area contributed by atoms with E-state index in [-0.39, 0.29) is 17.3 Å². The fraction of sp³-hybridized carbons (Fsp3) is 0.200. The van der Waals surface area contributed by atoms with Gasteiger partial charge in [-0.25, -0.2) is 0 Å². The second-order valence-corrected chi connectivity index (χ2v) is 4.73. The summed E-state index contributed by atoms with van der Waals surface area (Å²) in [7, 11) is 1.51. The van der Waals surface area contributed by atoms with E-state index in [4.69, 9.17) is 16.3 Å². The van der Waals surface area contributed by atoms with Crippen LogP contribution in [0.3, 0.4) is 0 Å². The van der Waals surface area contributed by atoms with E-state index in [0.717, 1.165) is 11.6 Å². The maximum atomic E-state index is 13.0. The number of halogens is 4. The molecule has 1 N–H and O–H groups in total. The Kier molecular flexibility index (Phi) is 4.63. The molecule has 0 fully saturated rings. The van der Waals surface area contributed by atoms with Gasteiger partial charge in [-0.15, -0.1) is 0 Å². The number of rotatable bonds is 4. The van der Waals surface area contributed by atoms with Gasteiger partial charge >= 0.3 is 6.18 Å². The maximum absolute atomic E-state index is 13.0. The third-order valence-electron chi connectivity index (χ3n) is 2.97. The average Bonchev–Trinajstić information content (AvgIpc) is 2.45. The van der Waals surface area contributed by atoms with Crippen molar-refractivity contribution in [1.29, 1.82) is 0 Å². The van der Waals surface area contributed by atoms with Crippen LogP contribution in [0.5, 0.6) is 5.75 Å². The van der Waals surface area contributed by atoms with Crippen LogP contribution in [-0.4, -0.2) is 7.11 Å². The van der Waals surface area contributed by atoms with Crippen molar-refractivity contribution in [1.82, 2.24) is 0 Å². The van der Waals surface area contributed by atoms with E-state index in [9.17, 15) is 13.2 Å². The number of alkyl halides is 3. The standard InChI is InChI=1S/C15H13ClF3NO/c1-21-13-8-3-2-5-10(13)9-20-14-11(15(17,18)19)6-4-7-12(14)16/h2-8,20H,9H2,1H3. The molecule has 0 aliphatic carbocycles. The molecule has 0 saturated heterocycles. The molecule has 0 aliphatic heterocycles. The van der Waals surface area contributed by atoms with Crippen LogP contribution >= 0.6 is 11.6 Å². The molecule has 2 nitrogen and oxygen atoms in total. The van der Waals surface area contributed by atoms with E-state index in [0.29, 0.717) is 5.75 Å². The van der Waals surface area contributed by atoms with Gasteiger partial charge in [0.2, 0.25) is 0 Å². The van der Waals surface area contributed by atoms with Crippen LogP contribution in [-0.2, 0) is 12.7 Å². The minimum absolute atomic E-state index is 0.0275. The van der Waals surface area contributed by atoms with Crippen LogP contribution in [0.4, 0.5) is 18.9 Å². The summed E-state index contributed by atoms with van der Waals surface area (Å²) in [6.45, 7) is 0.177. The number of ether oxygens (including phenoxy) is 1. The molecule has 2 aromatic carbocycles. The van der Waals surface area contributed by atoms with Crippen molar-refractivity contribution in [2.24, 2.45) is 0 Å². The average molecular weight is 316 g/mol. The number of para-hydroxylation sites is 2. The van der Waals surface area contributed by atoms with Gasteiger partial charge in [0.15, 0.2) is 0 Å². The highest BCUT2D eigenvalue weighted by molar-refractivity contribution is 6.33. The molecule has 0 bridgehead atoms. The Morgan fingerprint density at radius 1 is 1.10 bits per heavy atom. The molecule has 0 unspecified atom stereocenters. The van der Waals surface area contributed by atoms with Crippen LogP contribution in [0.15, 0.2) is 42.5 Å². The van der Waals surface area contributed by atoms with E-state index in [1.165, 1.54) is 19.2 Å². The van der Waals surface area contributed by atoms with Crippen molar-refractivity contribution in [3.63, 3.8) is 0 Å². The number of hydrogen-bond donors (Lipinski definition) is 1. The number of benzene rings is 2. The second-order valence-electron chi connectivity index (χ2n) is 4.33. The van der Waals surface area contributed by atoms with Crippen LogP contribution in [0.2, 0.25) is 5.02 Å². The van der Waals surface area contributed by atoms with Crippen molar-refractivity contribution in [2.75, 3.05) is 12.4 Å². The van der Waals surface area contributed by atoms with Crippen molar-refractivity contribution in [3.8, 4) is 5.75 Å². The lowest BCUT2D eigenvalue weighted by atomic mass is 10.1. The highest BCUT2D eigenvalue weighted by Gasteiger charge is 2.34. The molecule has 0 aliphatic rings. The van der Waals surface area contributed by atoms with Gasteiger partial charge in [0.1, 0.15) is 5.75 Å². The van der Waals surface area contributed by atoms with Gasteiger partial charge < -0.3 is 10.1 Å². The first-order valence-corrected chi connectivity index (χ1v) is 6.52. The summed E-state index contributed by atoms with van der Waals surface area (Å²) in [5.41, 5.74) is -0.171. The third-order valence-corrected chi connectivity index (χ3v) is 3.28. The highest BCUT2D eigenvalue weighted by Crippen LogP contribution is 2.38. The van der Waals surface area contributed by atoms with Gasteiger partial charge in [0.25, 0.3) is 0 Å². The van der Waals surface area contributed by atoms with Crippen molar-refractivity contribution in [2.45, 2.75) is 12.7 Å². The molecule has 0 heterocycles. The van der Waals surface area contributed by atoms with E-state index in [1.54, 1.807) is 24.3 Å². The molecule has 2 rings (SSSR count). The number of nitrogens with one attached hydrogen (secondary N) is 1. The summed E-state index contributed by atoms with van der Waals surface area (Å²) >= 11 is 5.88. The fourth-order valence-corrected chi connectivity index (χ4v) is 2.21. The Morgan fingerprint density at radius 3 is 2.48 bits per heavy atom. The molecule has 0 spiro atoms. The smallest absolute Gasteiger partial charge is 0.418 e. The summed E-state index contributed by atoms with van der Waals surface area (Å²) in [4.78, 5) is 0. The first-order chi connectivity index (χ1) is 9.93. The Balaban J connectivity index is 2.28. The molecule has 6 heteroatoms. The first-order valence-electron chi connectivity index (χ1n) is 6.15. The molecular formula is C15H13ClF3NO. The van der Waals surface area contributed by atoms with Gasteiger partial charge in [-0.2, -0.15) is 13.2 Å². The Morgan fingerprint density at radius 2 is 1.81 bits per heavy atom. The lowest BCUT2D eigenvalue weighted by molar-refractivity contribution is -0.136. The largest absolute Gasteiger partial charge is 0.496 e. The van der Waals surface area contributed by atoms with Crippen LogP contribution in [0.25, 0.3) is 0 Å². The number of methoxy groups -OCH3 is 1. The quantitative estimate of drug-likeness (QED) is 0.859. The predicted octanol–water partition coefficient (Wildman–Crippen LogP) is 4.98. The Bertz CT molecular complexity index is 629. The molecule has 21 heavy (non-hydrogen) atoms. The Hall–Kier alpha value is -1.88. The second kappa shape index (κ2) is 6.26.